The number of ether oxygens (including phenoxy) is 2. The van der Waals surface area contributed by atoms with Crippen molar-refractivity contribution in [2.75, 3.05) is 25.2 Å². The highest BCUT2D eigenvalue weighted by Crippen LogP contribution is 2.20. The molecule has 0 spiro atoms. The van der Waals surface area contributed by atoms with Gasteiger partial charge in [0.1, 0.15) is 18.5 Å². The van der Waals surface area contributed by atoms with Gasteiger partial charge in [0, 0.05) is 18.7 Å². The predicted octanol–water partition coefficient (Wildman–Crippen LogP) is 1.51. The van der Waals surface area contributed by atoms with Crippen LogP contribution in [0.4, 0.5) is 5.82 Å². The fourth-order valence-electron chi connectivity index (χ4n) is 2.38. The second kappa shape index (κ2) is 11.3. The van der Waals surface area contributed by atoms with Gasteiger partial charge in [0.05, 0.1) is 6.61 Å². The summed E-state index contributed by atoms with van der Waals surface area (Å²) in [6.07, 6.45) is 1.05. The van der Waals surface area contributed by atoms with Crippen molar-refractivity contribution in [2.45, 2.75) is 38.8 Å². The largest absolute Gasteiger partial charge is 0.491 e. The maximum absolute atomic E-state index is 10.00. The van der Waals surface area contributed by atoms with E-state index in [1.54, 1.807) is 12.1 Å². The molecule has 8 heteroatoms. The molecule has 1 heterocycles. The molecule has 0 radical (unpaired) electrons. The Morgan fingerprint density at radius 1 is 1.11 bits per heavy atom. The van der Waals surface area contributed by atoms with E-state index in [0.29, 0.717) is 30.9 Å². The van der Waals surface area contributed by atoms with E-state index in [1.807, 2.05) is 38.1 Å². The number of hydrogen-bond donors (Lipinski definition) is 4. The molecule has 2 rings (SSSR count). The molecule has 1 aromatic heterocycles. The number of rotatable bonds is 12. The molecule has 0 aliphatic heterocycles. The maximum atomic E-state index is 10.00. The average molecular weight is 375 g/mol. The fraction of sp³-hybridized carbons (Fsp3) is 0.474. The first-order chi connectivity index (χ1) is 13.1. The summed E-state index contributed by atoms with van der Waals surface area (Å²) in [7, 11) is 0. The van der Waals surface area contributed by atoms with Crippen LogP contribution >= 0.6 is 0 Å². The summed E-state index contributed by atoms with van der Waals surface area (Å²) in [6, 6.07) is 11.6. The van der Waals surface area contributed by atoms with Crippen LogP contribution in [0.1, 0.15) is 25.8 Å². The molecule has 0 bridgehead atoms. The third-order valence-electron chi connectivity index (χ3n) is 3.79. The van der Waals surface area contributed by atoms with E-state index >= 15 is 0 Å². The van der Waals surface area contributed by atoms with E-state index in [0.717, 1.165) is 24.2 Å². The lowest BCUT2D eigenvalue weighted by Gasteiger charge is -2.16. The van der Waals surface area contributed by atoms with E-state index in [4.69, 9.17) is 15.3 Å². The van der Waals surface area contributed by atoms with Crippen molar-refractivity contribution in [3.8, 4) is 11.6 Å². The van der Waals surface area contributed by atoms with Crippen LogP contribution in [0.5, 0.6) is 11.6 Å². The molecule has 0 saturated carbocycles. The van der Waals surface area contributed by atoms with Crippen molar-refractivity contribution >= 4 is 5.82 Å². The van der Waals surface area contributed by atoms with Gasteiger partial charge < -0.3 is 25.3 Å². The third-order valence-corrected chi connectivity index (χ3v) is 3.79. The summed E-state index contributed by atoms with van der Waals surface area (Å²) in [6.45, 7) is 5.36. The second-order valence-corrected chi connectivity index (χ2v) is 6.49. The zero-order chi connectivity index (χ0) is 19.5. The summed E-state index contributed by atoms with van der Waals surface area (Å²) >= 11 is 0. The molecule has 1 unspecified atom stereocenters. The van der Waals surface area contributed by atoms with Crippen LogP contribution in [0.2, 0.25) is 0 Å². The van der Waals surface area contributed by atoms with Crippen molar-refractivity contribution in [3.63, 3.8) is 0 Å². The van der Waals surface area contributed by atoms with E-state index in [9.17, 15) is 5.11 Å². The number of nitrogens with one attached hydrogen (secondary N) is 2. The van der Waals surface area contributed by atoms with Gasteiger partial charge in [-0.25, -0.2) is 5.84 Å². The molecule has 0 saturated heterocycles. The van der Waals surface area contributed by atoms with Crippen molar-refractivity contribution in [1.29, 1.82) is 0 Å². The predicted molar refractivity (Wildman–Crippen MR) is 105 cm³/mol. The second-order valence-electron chi connectivity index (χ2n) is 6.49. The Labute approximate surface area is 160 Å². The number of para-hydroxylation sites is 1. The van der Waals surface area contributed by atoms with E-state index in [-0.39, 0.29) is 6.61 Å². The highest BCUT2D eigenvalue weighted by molar-refractivity contribution is 5.33. The lowest BCUT2D eigenvalue weighted by atomic mass is 10.1. The smallest absolute Gasteiger partial charge is 0.233 e. The number of nitrogen functional groups attached to an aromatic ring is 1. The van der Waals surface area contributed by atoms with E-state index in [2.05, 4.69) is 20.9 Å². The molecule has 1 aromatic carbocycles. The standard InChI is InChI=1S/C19H29N5O3/c1-14(2)21-12-16(25)13-27-17-8-4-3-6-15(17)7-5-11-26-19-10-9-18(22-20)23-24-19/h3-4,6,8-10,14,16,21,25H,5,7,11-13,20H2,1-2H3,(H,22,23). The fourth-order valence-corrected chi connectivity index (χ4v) is 2.38. The van der Waals surface area contributed by atoms with Gasteiger partial charge in [-0.2, -0.15) is 0 Å². The SMILES string of the molecule is CC(C)NCC(O)COc1ccccc1CCCOc1ccc(NN)nn1. The van der Waals surface area contributed by atoms with E-state index < -0.39 is 6.10 Å². The molecule has 8 nitrogen and oxygen atoms in total. The Morgan fingerprint density at radius 2 is 1.93 bits per heavy atom. The first-order valence-electron chi connectivity index (χ1n) is 9.13. The molecule has 0 aliphatic rings. The van der Waals surface area contributed by atoms with Crippen LogP contribution in [0, 0.1) is 0 Å². The number of hydrazine groups is 1. The van der Waals surface area contributed by atoms with Gasteiger partial charge >= 0.3 is 0 Å². The van der Waals surface area contributed by atoms with Crippen LogP contribution in [-0.2, 0) is 6.42 Å². The number of aliphatic hydroxyl groups excluding tert-OH is 1. The molecule has 0 aliphatic carbocycles. The number of benzene rings is 1. The molecule has 2 aromatic rings. The Bertz CT molecular complexity index is 667. The molecular weight excluding hydrogens is 346 g/mol. The van der Waals surface area contributed by atoms with Crippen LogP contribution in [0.15, 0.2) is 36.4 Å². The Hall–Kier alpha value is -2.42. The number of nitrogens with zero attached hydrogens (tertiary/aromatic N) is 2. The Morgan fingerprint density at radius 3 is 2.63 bits per heavy atom. The Balaban J connectivity index is 1.75. The zero-order valence-corrected chi connectivity index (χ0v) is 15.9. The van der Waals surface area contributed by atoms with E-state index in [1.165, 1.54) is 0 Å². The molecule has 27 heavy (non-hydrogen) atoms. The summed E-state index contributed by atoms with van der Waals surface area (Å²) in [5.74, 6) is 6.98. The van der Waals surface area contributed by atoms with Crippen LogP contribution in [0.3, 0.4) is 0 Å². The number of aromatic nitrogens is 2. The van der Waals surface area contributed by atoms with Gasteiger partial charge in [-0.05, 0) is 30.5 Å². The third kappa shape index (κ3) is 7.78. The topological polar surface area (TPSA) is 115 Å². The number of anilines is 1. The van der Waals surface area contributed by atoms with Crippen molar-refractivity contribution in [3.05, 3.63) is 42.0 Å². The monoisotopic (exact) mass is 375 g/mol. The minimum absolute atomic E-state index is 0.254. The normalized spacial score (nSPS) is 12.0. The highest BCUT2D eigenvalue weighted by atomic mass is 16.5. The summed E-state index contributed by atoms with van der Waals surface area (Å²) < 4.78 is 11.4. The lowest BCUT2D eigenvalue weighted by molar-refractivity contribution is 0.104. The highest BCUT2D eigenvalue weighted by Gasteiger charge is 2.09. The van der Waals surface area contributed by atoms with Crippen molar-refractivity contribution in [1.82, 2.24) is 15.5 Å². The molecular formula is C19H29N5O3. The molecule has 5 N–H and O–H groups in total. The lowest BCUT2D eigenvalue weighted by Crippen LogP contribution is -2.35. The van der Waals surface area contributed by atoms with Crippen LogP contribution < -0.4 is 26.1 Å². The summed E-state index contributed by atoms with van der Waals surface area (Å²) in [4.78, 5) is 0. The molecule has 0 amide bonds. The van der Waals surface area contributed by atoms with Crippen LogP contribution in [0.25, 0.3) is 0 Å². The molecule has 148 valence electrons. The number of aliphatic hydroxyl groups is 1. The maximum Gasteiger partial charge on any atom is 0.233 e. The first kappa shape index (κ1) is 20.9. The van der Waals surface area contributed by atoms with Gasteiger partial charge in [0.25, 0.3) is 0 Å². The van der Waals surface area contributed by atoms with Gasteiger partial charge in [0.15, 0.2) is 5.82 Å². The van der Waals surface area contributed by atoms with Crippen molar-refractivity contribution < 1.29 is 14.6 Å². The van der Waals surface area contributed by atoms with Crippen LogP contribution in [-0.4, -0.2) is 47.2 Å². The zero-order valence-electron chi connectivity index (χ0n) is 15.9. The van der Waals surface area contributed by atoms with Gasteiger partial charge in [-0.1, -0.05) is 32.0 Å². The van der Waals surface area contributed by atoms with Gasteiger partial charge in [-0.3, -0.25) is 0 Å². The minimum Gasteiger partial charge on any atom is -0.491 e. The van der Waals surface area contributed by atoms with Crippen molar-refractivity contribution in [2.24, 2.45) is 5.84 Å². The van der Waals surface area contributed by atoms with Gasteiger partial charge in [-0.15, -0.1) is 10.2 Å². The summed E-state index contributed by atoms with van der Waals surface area (Å²) in [5, 5.41) is 21.0. The molecule has 0 fully saturated rings. The number of nitrogens with two attached hydrogens (primary N) is 1. The Kier molecular flexibility index (Phi) is 8.76. The minimum atomic E-state index is -0.548. The number of hydrogen-bond acceptors (Lipinski definition) is 8. The summed E-state index contributed by atoms with van der Waals surface area (Å²) in [5.41, 5.74) is 3.50. The van der Waals surface area contributed by atoms with Gasteiger partial charge in [0.2, 0.25) is 5.88 Å². The number of aryl methyl sites for hydroxylation is 1. The quantitative estimate of drug-likeness (QED) is 0.251. The molecule has 1 atom stereocenters. The average Bonchev–Trinajstić information content (AvgIpc) is 2.69. The first-order valence-corrected chi connectivity index (χ1v) is 9.13.